The minimum Gasteiger partial charge on any atom is -0.464 e. The van der Waals surface area contributed by atoms with Crippen molar-refractivity contribution < 1.29 is 22.7 Å². The SMILES string of the molecule is Cc1ccc(OCOP(=O)(OC(C)(C)C)C(C)(C)C)c(F)c1. The highest BCUT2D eigenvalue weighted by atomic mass is 31.2. The van der Waals surface area contributed by atoms with Crippen LogP contribution in [0, 0.1) is 12.7 Å². The molecular weight excluding hydrogens is 306 g/mol. The third kappa shape index (κ3) is 5.38. The van der Waals surface area contributed by atoms with Crippen molar-refractivity contribution in [2.45, 2.75) is 59.2 Å². The van der Waals surface area contributed by atoms with Gasteiger partial charge in [-0.3, -0.25) is 9.09 Å². The van der Waals surface area contributed by atoms with Crippen LogP contribution in [0.2, 0.25) is 0 Å². The van der Waals surface area contributed by atoms with Crippen LogP contribution >= 0.6 is 7.60 Å². The van der Waals surface area contributed by atoms with Gasteiger partial charge in [-0.15, -0.1) is 0 Å². The zero-order chi connectivity index (χ0) is 17.2. The zero-order valence-corrected chi connectivity index (χ0v) is 15.3. The van der Waals surface area contributed by atoms with Gasteiger partial charge in [0.05, 0.1) is 10.8 Å². The molecule has 1 aromatic rings. The molecule has 0 aliphatic rings. The first-order valence-corrected chi connectivity index (χ1v) is 8.73. The fraction of sp³-hybridized carbons (Fsp3) is 0.625. The molecule has 4 nitrogen and oxygen atoms in total. The molecule has 0 spiro atoms. The number of hydrogen-bond donors (Lipinski definition) is 0. The number of hydrogen-bond acceptors (Lipinski definition) is 4. The van der Waals surface area contributed by atoms with Crippen molar-refractivity contribution in [2.75, 3.05) is 6.79 Å². The lowest BCUT2D eigenvalue weighted by Gasteiger charge is -2.34. The standard InChI is InChI=1S/C16H26FO4P/c1-12-8-9-14(13(17)10-12)19-11-20-22(18,16(5,6)7)21-15(2,3)4/h8-10H,11H2,1-7H3. The number of ether oxygens (including phenoxy) is 1. The first-order valence-electron chi connectivity index (χ1n) is 7.18. The van der Waals surface area contributed by atoms with Gasteiger partial charge in [-0.25, -0.2) is 4.39 Å². The summed E-state index contributed by atoms with van der Waals surface area (Å²) in [7, 11) is -3.43. The van der Waals surface area contributed by atoms with E-state index in [-0.39, 0.29) is 12.5 Å². The van der Waals surface area contributed by atoms with Crippen LogP contribution in [0.25, 0.3) is 0 Å². The maximum absolute atomic E-state index is 13.7. The van der Waals surface area contributed by atoms with Gasteiger partial charge in [0.1, 0.15) is 0 Å². The summed E-state index contributed by atoms with van der Waals surface area (Å²) in [6.07, 6.45) is 0. The molecule has 0 aliphatic heterocycles. The van der Waals surface area contributed by atoms with Crippen molar-refractivity contribution in [3.63, 3.8) is 0 Å². The smallest absolute Gasteiger partial charge is 0.339 e. The Labute approximate surface area is 132 Å². The van der Waals surface area contributed by atoms with E-state index in [1.165, 1.54) is 12.1 Å². The number of halogens is 1. The molecule has 0 aromatic heterocycles. The van der Waals surface area contributed by atoms with Gasteiger partial charge in [-0.05, 0) is 66.2 Å². The Morgan fingerprint density at radius 2 is 1.73 bits per heavy atom. The first kappa shape index (κ1) is 19.1. The van der Waals surface area contributed by atoms with Crippen LogP contribution in [0.5, 0.6) is 5.75 Å². The average Bonchev–Trinajstić information content (AvgIpc) is 2.28. The van der Waals surface area contributed by atoms with Crippen molar-refractivity contribution in [1.82, 2.24) is 0 Å². The second-order valence-corrected chi connectivity index (χ2v) is 9.97. The minimum atomic E-state index is -3.43. The second-order valence-electron chi connectivity index (χ2n) is 7.20. The summed E-state index contributed by atoms with van der Waals surface area (Å²) in [5.74, 6) is -0.423. The van der Waals surface area contributed by atoms with E-state index in [4.69, 9.17) is 13.8 Å². The van der Waals surface area contributed by atoms with Crippen molar-refractivity contribution in [1.29, 1.82) is 0 Å². The van der Waals surface area contributed by atoms with E-state index < -0.39 is 24.2 Å². The lowest BCUT2D eigenvalue weighted by atomic mass is 10.2. The molecule has 1 rings (SSSR count). The van der Waals surface area contributed by atoms with Gasteiger partial charge >= 0.3 is 7.60 Å². The van der Waals surface area contributed by atoms with Crippen molar-refractivity contribution in [3.8, 4) is 5.75 Å². The second kappa shape index (κ2) is 6.69. The van der Waals surface area contributed by atoms with Crippen LogP contribution in [0.4, 0.5) is 4.39 Å². The molecule has 1 atom stereocenters. The Hall–Kier alpha value is -0.900. The van der Waals surface area contributed by atoms with Gasteiger partial charge in [0.25, 0.3) is 0 Å². The van der Waals surface area contributed by atoms with Crippen LogP contribution in [0.3, 0.4) is 0 Å². The average molecular weight is 332 g/mol. The molecule has 1 aromatic carbocycles. The van der Waals surface area contributed by atoms with E-state index in [9.17, 15) is 8.96 Å². The Kier molecular flexibility index (Phi) is 5.82. The summed E-state index contributed by atoms with van der Waals surface area (Å²) >= 11 is 0. The molecule has 0 heterocycles. The molecule has 0 radical (unpaired) electrons. The molecule has 0 amide bonds. The third-order valence-electron chi connectivity index (χ3n) is 2.74. The van der Waals surface area contributed by atoms with Crippen LogP contribution in [0.15, 0.2) is 18.2 Å². The zero-order valence-electron chi connectivity index (χ0n) is 14.4. The number of rotatable bonds is 5. The van der Waals surface area contributed by atoms with Crippen molar-refractivity contribution in [3.05, 3.63) is 29.6 Å². The Bertz CT molecular complexity index is 558. The molecule has 126 valence electrons. The van der Waals surface area contributed by atoms with E-state index in [2.05, 4.69) is 0 Å². The van der Waals surface area contributed by atoms with E-state index in [0.29, 0.717) is 0 Å². The maximum Gasteiger partial charge on any atom is 0.339 e. The largest absolute Gasteiger partial charge is 0.464 e. The Morgan fingerprint density at radius 3 is 2.18 bits per heavy atom. The van der Waals surface area contributed by atoms with Gasteiger partial charge in [-0.2, -0.15) is 0 Å². The topological polar surface area (TPSA) is 44.8 Å². The van der Waals surface area contributed by atoms with Crippen molar-refractivity contribution in [2.24, 2.45) is 0 Å². The maximum atomic E-state index is 13.7. The highest BCUT2D eigenvalue weighted by Gasteiger charge is 2.43. The fourth-order valence-corrected chi connectivity index (χ4v) is 3.23. The molecule has 22 heavy (non-hydrogen) atoms. The van der Waals surface area contributed by atoms with Crippen molar-refractivity contribution >= 4 is 7.60 Å². The van der Waals surface area contributed by atoms with Crippen LogP contribution in [-0.4, -0.2) is 17.6 Å². The highest BCUT2D eigenvalue weighted by Crippen LogP contribution is 2.61. The lowest BCUT2D eigenvalue weighted by Crippen LogP contribution is -2.27. The molecule has 0 saturated carbocycles. The normalized spacial score (nSPS) is 15.5. The lowest BCUT2D eigenvalue weighted by molar-refractivity contribution is 0.0452. The molecule has 0 saturated heterocycles. The molecule has 6 heteroatoms. The molecular formula is C16H26FO4P. The predicted octanol–water partition coefficient (Wildman–Crippen LogP) is 5.29. The minimum absolute atomic E-state index is 0.0572. The van der Waals surface area contributed by atoms with Gasteiger partial charge < -0.3 is 9.26 Å². The number of benzene rings is 1. The molecule has 0 bridgehead atoms. The monoisotopic (exact) mass is 332 g/mol. The Morgan fingerprint density at radius 1 is 1.14 bits per heavy atom. The summed E-state index contributed by atoms with van der Waals surface area (Å²) < 4.78 is 42.9. The van der Waals surface area contributed by atoms with E-state index in [0.717, 1.165) is 5.56 Å². The third-order valence-corrected chi connectivity index (χ3v) is 5.62. The molecule has 0 fully saturated rings. The number of aryl methyl sites for hydroxylation is 1. The predicted molar refractivity (Wildman–Crippen MR) is 85.9 cm³/mol. The Balaban J connectivity index is 2.79. The fourth-order valence-electron chi connectivity index (χ4n) is 1.60. The summed E-state index contributed by atoms with van der Waals surface area (Å²) in [5.41, 5.74) is 0.167. The van der Waals surface area contributed by atoms with E-state index in [1.54, 1.807) is 54.5 Å². The molecule has 0 aliphatic carbocycles. The molecule has 1 unspecified atom stereocenters. The van der Waals surface area contributed by atoms with Gasteiger partial charge in [0.2, 0.25) is 0 Å². The van der Waals surface area contributed by atoms with Gasteiger partial charge in [0, 0.05) is 0 Å². The summed E-state index contributed by atoms with van der Waals surface area (Å²) in [6.45, 7) is 12.2. The first-order chi connectivity index (χ1) is 9.84. The van der Waals surface area contributed by atoms with Crippen LogP contribution in [0.1, 0.15) is 47.1 Å². The summed E-state index contributed by atoms with van der Waals surface area (Å²) in [4.78, 5) is 0. The highest BCUT2D eigenvalue weighted by molar-refractivity contribution is 7.55. The summed E-state index contributed by atoms with van der Waals surface area (Å²) in [6, 6.07) is 4.61. The van der Waals surface area contributed by atoms with Crippen LogP contribution < -0.4 is 4.74 Å². The van der Waals surface area contributed by atoms with E-state index >= 15 is 0 Å². The van der Waals surface area contributed by atoms with Gasteiger partial charge in [0.15, 0.2) is 18.4 Å². The quantitative estimate of drug-likeness (QED) is 0.542. The summed E-state index contributed by atoms with van der Waals surface area (Å²) in [5, 5.41) is -0.713. The molecule has 0 N–H and O–H groups in total. The van der Waals surface area contributed by atoms with Crippen LogP contribution in [-0.2, 0) is 13.6 Å². The van der Waals surface area contributed by atoms with E-state index in [1.807, 2.05) is 0 Å². The van der Waals surface area contributed by atoms with Gasteiger partial charge in [-0.1, -0.05) is 6.07 Å².